The van der Waals surface area contributed by atoms with Crippen LogP contribution in [0.4, 0.5) is 5.95 Å². The molecule has 0 unspecified atom stereocenters. The van der Waals surface area contributed by atoms with Crippen LogP contribution >= 0.6 is 0 Å². The fourth-order valence-electron chi connectivity index (χ4n) is 3.03. The van der Waals surface area contributed by atoms with Crippen LogP contribution in [-0.4, -0.2) is 41.2 Å². The van der Waals surface area contributed by atoms with Gasteiger partial charge in [0.1, 0.15) is 17.8 Å². The highest BCUT2D eigenvalue weighted by Crippen LogP contribution is 2.41. The molecule has 0 saturated carbocycles. The molecule has 3 rings (SSSR count). The number of rotatable bonds is 2. The largest absolute Gasteiger partial charge is 0.370 e. The number of hydrogen-bond acceptors (Lipinski definition) is 6. The lowest BCUT2D eigenvalue weighted by atomic mass is 9.81. The van der Waals surface area contributed by atoms with Gasteiger partial charge in [-0.05, 0) is 20.8 Å². The lowest BCUT2D eigenvalue weighted by Crippen LogP contribution is -2.54. The van der Waals surface area contributed by atoms with Crippen molar-refractivity contribution in [2.45, 2.75) is 32.5 Å². The molecule has 3 heterocycles. The minimum atomic E-state index is -1.40. The molecule has 0 spiro atoms. The van der Waals surface area contributed by atoms with Gasteiger partial charge in [0, 0.05) is 18.3 Å². The number of nitrogens with one attached hydrogen (secondary N) is 1. The molecule has 0 amide bonds. The monoisotopic (exact) mass is 290 g/mol. The van der Waals surface area contributed by atoms with Crippen molar-refractivity contribution < 1.29 is 9.90 Å². The molecule has 8 heteroatoms. The van der Waals surface area contributed by atoms with Crippen molar-refractivity contribution in [1.82, 2.24) is 24.5 Å². The first-order valence-electron chi connectivity index (χ1n) is 6.72. The first-order valence-corrected chi connectivity index (χ1v) is 6.72. The molecular weight excluding hydrogens is 272 g/mol. The third-order valence-corrected chi connectivity index (χ3v) is 4.15. The number of aryl methyl sites for hydroxylation is 1. The van der Waals surface area contributed by atoms with Crippen LogP contribution < -0.4 is 5.32 Å². The number of aromatic nitrogens is 5. The third kappa shape index (κ3) is 1.94. The first kappa shape index (κ1) is 13.7. The van der Waals surface area contributed by atoms with Crippen molar-refractivity contribution in [3.8, 4) is 0 Å². The molecule has 0 aromatic carbocycles. The topological polar surface area (TPSA) is 97.9 Å². The summed E-state index contributed by atoms with van der Waals surface area (Å²) in [5.74, 6) is -0.373. The second-order valence-electron chi connectivity index (χ2n) is 5.64. The fraction of sp³-hybridized carbons (Fsp3) is 0.538. The van der Waals surface area contributed by atoms with Crippen molar-refractivity contribution in [2.24, 2.45) is 13.0 Å². The van der Waals surface area contributed by atoms with Gasteiger partial charge < -0.3 is 10.4 Å². The highest BCUT2D eigenvalue weighted by molar-refractivity contribution is 5.81. The zero-order valence-electron chi connectivity index (χ0n) is 12.4. The first-order chi connectivity index (χ1) is 9.83. The Morgan fingerprint density at radius 1 is 1.48 bits per heavy atom. The summed E-state index contributed by atoms with van der Waals surface area (Å²) < 4.78 is 3.37. The molecule has 0 aliphatic carbocycles. The average molecular weight is 290 g/mol. The fourth-order valence-corrected chi connectivity index (χ4v) is 3.03. The molecule has 0 fully saturated rings. The highest BCUT2D eigenvalue weighted by Gasteiger charge is 2.49. The Kier molecular flexibility index (Phi) is 2.87. The minimum Gasteiger partial charge on any atom is -0.370 e. The Balaban J connectivity index is 2.23. The zero-order valence-corrected chi connectivity index (χ0v) is 12.4. The molecule has 112 valence electrons. The zero-order chi connectivity index (χ0) is 15.4. The Bertz CT molecular complexity index is 701. The van der Waals surface area contributed by atoms with Gasteiger partial charge in [-0.25, -0.2) is 4.68 Å². The minimum absolute atomic E-state index is 0.123. The van der Waals surface area contributed by atoms with Crippen LogP contribution in [0.2, 0.25) is 0 Å². The summed E-state index contributed by atoms with van der Waals surface area (Å²) >= 11 is 0. The predicted octanol–water partition coefficient (Wildman–Crippen LogP) is 0.249. The van der Waals surface area contributed by atoms with Crippen molar-refractivity contribution in [2.75, 3.05) is 5.32 Å². The second-order valence-corrected chi connectivity index (χ2v) is 5.64. The number of nitrogens with zero attached hydrogens (tertiary/aromatic N) is 5. The van der Waals surface area contributed by atoms with E-state index in [2.05, 4.69) is 20.5 Å². The molecule has 3 atom stereocenters. The van der Waals surface area contributed by atoms with E-state index in [-0.39, 0.29) is 5.78 Å². The van der Waals surface area contributed by atoms with E-state index in [9.17, 15) is 9.90 Å². The molecule has 21 heavy (non-hydrogen) atoms. The third-order valence-electron chi connectivity index (χ3n) is 4.15. The molecule has 1 aliphatic rings. The van der Waals surface area contributed by atoms with E-state index in [0.717, 1.165) is 11.3 Å². The Morgan fingerprint density at radius 3 is 2.76 bits per heavy atom. The van der Waals surface area contributed by atoms with Crippen molar-refractivity contribution in [3.05, 3.63) is 23.8 Å². The lowest BCUT2D eigenvalue weighted by Gasteiger charge is -2.41. The molecule has 2 aromatic rings. The smallest absolute Gasteiger partial charge is 0.223 e. The van der Waals surface area contributed by atoms with Gasteiger partial charge >= 0.3 is 0 Å². The van der Waals surface area contributed by atoms with Crippen molar-refractivity contribution >= 4 is 11.7 Å². The van der Waals surface area contributed by atoms with E-state index < -0.39 is 17.7 Å². The maximum atomic E-state index is 12.2. The van der Waals surface area contributed by atoms with Gasteiger partial charge in [-0.1, -0.05) is 0 Å². The Morgan fingerprint density at radius 2 is 2.19 bits per heavy atom. The van der Waals surface area contributed by atoms with Crippen LogP contribution in [-0.2, 0) is 11.8 Å². The summed E-state index contributed by atoms with van der Waals surface area (Å²) in [5, 5.41) is 22.0. The van der Waals surface area contributed by atoms with Crippen LogP contribution in [0.15, 0.2) is 12.5 Å². The van der Waals surface area contributed by atoms with E-state index in [0.29, 0.717) is 5.95 Å². The maximum absolute atomic E-state index is 12.2. The number of aliphatic hydroxyl groups is 1. The number of hydrogen-bond donors (Lipinski definition) is 2. The van der Waals surface area contributed by atoms with E-state index >= 15 is 0 Å². The second kappa shape index (κ2) is 4.39. The Labute approximate surface area is 121 Å². The van der Waals surface area contributed by atoms with Crippen LogP contribution in [0.25, 0.3) is 0 Å². The van der Waals surface area contributed by atoms with Gasteiger partial charge in [0.15, 0.2) is 0 Å². The number of carbonyl (C=O) groups excluding carboxylic acids is 1. The number of fused-ring (bicyclic) bond motifs is 1. The summed E-state index contributed by atoms with van der Waals surface area (Å²) in [5.41, 5.74) is 0.374. The van der Waals surface area contributed by atoms with Gasteiger partial charge in [0.05, 0.1) is 18.2 Å². The molecule has 2 aromatic heterocycles. The van der Waals surface area contributed by atoms with Gasteiger partial charge in [-0.15, -0.1) is 0 Å². The number of ketones is 1. The van der Waals surface area contributed by atoms with Crippen LogP contribution in [0, 0.1) is 12.8 Å². The van der Waals surface area contributed by atoms with E-state index in [1.54, 1.807) is 22.5 Å². The van der Waals surface area contributed by atoms with Crippen LogP contribution in [0.1, 0.15) is 31.1 Å². The Hall–Kier alpha value is -2.22. The lowest BCUT2D eigenvalue weighted by molar-refractivity contribution is -0.130. The maximum Gasteiger partial charge on any atom is 0.223 e. The molecule has 0 saturated heterocycles. The van der Waals surface area contributed by atoms with Crippen molar-refractivity contribution in [3.63, 3.8) is 0 Å². The highest BCUT2D eigenvalue weighted by atomic mass is 16.3. The van der Waals surface area contributed by atoms with E-state index in [4.69, 9.17) is 0 Å². The molecule has 1 aliphatic heterocycles. The SMILES string of the molecule is CC(=O)[C@@H]1[C@H](c2cnn(C)c2C)n2ncnc2N[C@]1(C)O. The normalized spacial score (nSPS) is 28.0. The summed E-state index contributed by atoms with van der Waals surface area (Å²) in [6.45, 7) is 4.98. The number of carbonyl (C=O) groups is 1. The van der Waals surface area contributed by atoms with Crippen molar-refractivity contribution in [1.29, 1.82) is 0 Å². The van der Waals surface area contributed by atoms with Gasteiger partial charge in [-0.2, -0.15) is 15.2 Å². The number of anilines is 1. The molecular formula is C13H18N6O2. The van der Waals surface area contributed by atoms with Crippen LogP contribution in [0.3, 0.4) is 0 Å². The molecule has 0 radical (unpaired) electrons. The summed E-state index contributed by atoms with van der Waals surface area (Å²) in [4.78, 5) is 16.3. The standard InChI is InChI=1S/C13H18N6O2/c1-7-9(5-15-18(7)4)11-10(8(2)20)13(3,21)17-12-14-6-16-19(11)12/h5-6,10-11,21H,1-4H3,(H,14,16,17)/t10-,11+,13-/m1/s1. The van der Waals surface area contributed by atoms with Crippen LogP contribution in [0.5, 0.6) is 0 Å². The molecule has 8 nitrogen and oxygen atoms in total. The summed E-state index contributed by atoms with van der Waals surface area (Å²) in [6.07, 6.45) is 3.11. The van der Waals surface area contributed by atoms with Gasteiger partial charge in [-0.3, -0.25) is 9.48 Å². The average Bonchev–Trinajstić information content (AvgIpc) is 2.94. The number of Topliss-reactive ketones (excluding diaryl/α,β-unsaturated/α-hetero) is 1. The van der Waals surface area contributed by atoms with Gasteiger partial charge in [0.25, 0.3) is 0 Å². The summed E-state index contributed by atoms with van der Waals surface area (Å²) in [7, 11) is 1.84. The van der Waals surface area contributed by atoms with E-state index in [1.807, 2.05) is 14.0 Å². The van der Waals surface area contributed by atoms with Gasteiger partial charge in [0.2, 0.25) is 5.95 Å². The molecule has 0 bridgehead atoms. The predicted molar refractivity (Wildman–Crippen MR) is 74.5 cm³/mol. The quantitative estimate of drug-likeness (QED) is 0.822. The summed E-state index contributed by atoms with van der Waals surface area (Å²) in [6, 6.07) is -0.440. The molecule has 2 N–H and O–H groups in total. The van der Waals surface area contributed by atoms with E-state index in [1.165, 1.54) is 13.3 Å².